The zero-order valence-corrected chi connectivity index (χ0v) is 16.8. The van der Waals surface area contributed by atoms with E-state index < -0.39 is 5.79 Å². The van der Waals surface area contributed by atoms with Crippen LogP contribution in [0.4, 0.5) is 5.69 Å². The van der Waals surface area contributed by atoms with Gasteiger partial charge in [-0.15, -0.1) is 11.8 Å². The maximum absolute atomic E-state index is 6.33. The van der Waals surface area contributed by atoms with Gasteiger partial charge in [0, 0.05) is 21.2 Å². The minimum atomic E-state index is -0.932. The van der Waals surface area contributed by atoms with Gasteiger partial charge in [0.1, 0.15) is 0 Å². The molecule has 1 aliphatic rings. The molecule has 0 aromatic heterocycles. The number of alkyl halides is 1. The summed E-state index contributed by atoms with van der Waals surface area (Å²) >= 11 is 17.5. The quantitative estimate of drug-likeness (QED) is 0.466. The van der Waals surface area contributed by atoms with Gasteiger partial charge in [-0.3, -0.25) is 0 Å². The van der Waals surface area contributed by atoms with Crippen molar-refractivity contribution in [3.63, 3.8) is 0 Å². The third kappa shape index (κ3) is 3.87. The van der Waals surface area contributed by atoms with Crippen LogP contribution in [0.5, 0.6) is 0 Å². The van der Waals surface area contributed by atoms with Crippen molar-refractivity contribution in [2.75, 3.05) is 23.5 Å². The fourth-order valence-corrected chi connectivity index (χ4v) is 4.09. The van der Waals surface area contributed by atoms with E-state index in [1.165, 1.54) is 4.90 Å². The average Bonchev–Trinajstić information content (AvgIpc) is 2.99. The minimum Gasteiger partial charge on any atom is -0.358 e. The fraction of sp³-hybridized carbons (Fsp3) is 0.294. The molecule has 3 rings (SSSR count). The summed E-state index contributed by atoms with van der Waals surface area (Å²) in [6.07, 6.45) is 1.78. The van der Waals surface area contributed by atoms with Gasteiger partial charge in [-0.05, 0) is 42.7 Å². The maximum atomic E-state index is 6.33. The van der Waals surface area contributed by atoms with Crippen LogP contribution < -0.4 is 5.32 Å². The van der Waals surface area contributed by atoms with E-state index in [2.05, 4.69) is 39.6 Å². The van der Waals surface area contributed by atoms with E-state index in [0.717, 1.165) is 11.3 Å². The first-order chi connectivity index (χ1) is 11.6. The van der Waals surface area contributed by atoms with Crippen molar-refractivity contribution in [1.29, 1.82) is 0 Å². The number of hydrogen-bond acceptors (Lipinski definition) is 4. The largest absolute Gasteiger partial charge is 0.358 e. The number of halogens is 3. The summed E-state index contributed by atoms with van der Waals surface area (Å²) in [5, 5.41) is 4.90. The van der Waals surface area contributed by atoms with Gasteiger partial charge in [0.05, 0.1) is 17.0 Å². The third-order valence-electron chi connectivity index (χ3n) is 3.74. The number of hydrogen-bond donors (Lipinski definition) is 1. The molecule has 0 spiro atoms. The first kappa shape index (κ1) is 18.4. The molecule has 24 heavy (non-hydrogen) atoms. The van der Waals surface area contributed by atoms with E-state index in [4.69, 9.17) is 32.7 Å². The predicted molar refractivity (Wildman–Crippen MR) is 105 cm³/mol. The molecule has 2 atom stereocenters. The summed E-state index contributed by atoms with van der Waals surface area (Å²) in [6, 6.07) is 13.5. The van der Waals surface area contributed by atoms with Crippen molar-refractivity contribution < 1.29 is 9.47 Å². The van der Waals surface area contributed by atoms with Crippen molar-refractivity contribution in [3.8, 4) is 0 Å². The minimum absolute atomic E-state index is 0.269. The Morgan fingerprint density at radius 3 is 2.62 bits per heavy atom. The average molecular weight is 449 g/mol. The zero-order valence-electron chi connectivity index (χ0n) is 12.9. The number of anilines is 1. The smallest absolute Gasteiger partial charge is 0.208 e. The summed E-state index contributed by atoms with van der Waals surface area (Å²) in [5.41, 5.74) is 1.74. The Morgan fingerprint density at radius 2 is 2.00 bits per heavy atom. The number of ether oxygens (including phenoxy) is 2. The van der Waals surface area contributed by atoms with Crippen molar-refractivity contribution >= 4 is 56.6 Å². The van der Waals surface area contributed by atoms with Crippen molar-refractivity contribution in [2.45, 2.75) is 16.9 Å². The van der Waals surface area contributed by atoms with E-state index in [1.807, 2.05) is 18.2 Å². The lowest BCUT2D eigenvalue weighted by Crippen LogP contribution is -2.32. The highest BCUT2D eigenvalue weighted by Crippen LogP contribution is 2.40. The van der Waals surface area contributed by atoms with Gasteiger partial charge < -0.3 is 14.8 Å². The highest BCUT2D eigenvalue weighted by Gasteiger charge is 2.44. The number of rotatable bonds is 5. The topological polar surface area (TPSA) is 30.5 Å². The van der Waals surface area contributed by atoms with Gasteiger partial charge in [0.25, 0.3) is 0 Å². The number of thioether (sulfide) groups is 1. The van der Waals surface area contributed by atoms with Crippen LogP contribution in [-0.2, 0) is 15.3 Å². The van der Waals surface area contributed by atoms with Crippen molar-refractivity contribution in [3.05, 3.63) is 58.1 Å². The molecule has 7 heteroatoms. The first-order valence-corrected chi connectivity index (χ1v) is 10.4. The highest BCUT2D eigenvalue weighted by atomic mass is 79.9. The van der Waals surface area contributed by atoms with E-state index in [-0.39, 0.29) is 6.23 Å². The Hall–Kier alpha value is -0.430. The normalized spacial score (nSPS) is 23.4. The Labute approximate surface area is 164 Å². The molecule has 2 aromatic rings. The van der Waals surface area contributed by atoms with Gasteiger partial charge >= 0.3 is 0 Å². The standard InChI is InChI=1S/C17H16BrCl2NO2S/c1-24-13-5-3-12(4-6-13)21-16-9-22-17(10-18,23-16)14-7-2-11(19)8-15(14)20/h2-8,16,21H,9-10H2,1H3/t16-,17-/m0/s1. The second-order valence-corrected chi connectivity index (χ2v) is 7.59. The Kier molecular flexibility index (Phi) is 6.01. The molecule has 1 heterocycles. The highest BCUT2D eigenvalue weighted by molar-refractivity contribution is 9.09. The van der Waals surface area contributed by atoms with Crippen LogP contribution in [0, 0.1) is 0 Å². The molecule has 0 radical (unpaired) electrons. The van der Waals surface area contributed by atoms with Crippen molar-refractivity contribution in [1.82, 2.24) is 0 Å². The van der Waals surface area contributed by atoms with E-state index >= 15 is 0 Å². The lowest BCUT2D eigenvalue weighted by Gasteiger charge is -2.27. The fourth-order valence-electron chi connectivity index (χ4n) is 2.53. The molecular weight excluding hydrogens is 433 g/mol. The third-order valence-corrected chi connectivity index (χ3v) is 5.77. The molecule has 0 unspecified atom stereocenters. The Bertz CT molecular complexity index is 716. The SMILES string of the molecule is CSc1ccc(N[C@@H]2CO[C@](CBr)(c3ccc(Cl)cc3Cl)O2)cc1. The van der Waals surface area contributed by atoms with Crippen LogP contribution >= 0.6 is 50.9 Å². The summed E-state index contributed by atoms with van der Waals surface area (Å²) < 4.78 is 12.1. The molecule has 0 aliphatic carbocycles. The molecule has 1 N–H and O–H groups in total. The molecule has 0 amide bonds. The molecule has 1 fully saturated rings. The van der Waals surface area contributed by atoms with Gasteiger partial charge in [0.15, 0.2) is 6.23 Å². The number of benzene rings is 2. The van der Waals surface area contributed by atoms with E-state index in [0.29, 0.717) is 22.0 Å². The second kappa shape index (κ2) is 7.85. The molecule has 128 valence electrons. The Morgan fingerprint density at radius 1 is 1.25 bits per heavy atom. The number of nitrogens with one attached hydrogen (secondary N) is 1. The summed E-state index contributed by atoms with van der Waals surface area (Å²) in [7, 11) is 0. The zero-order chi connectivity index (χ0) is 17.2. The van der Waals surface area contributed by atoms with E-state index in [9.17, 15) is 0 Å². The summed E-state index contributed by atoms with van der Waals surface area (Å²) in [4.78, 5) is 1.21. The van der Waals surface area contributed by atoms with E-state index in [1.54, 1.807) is 23.9 Å². The van der Waals surface area contributed by atoms with Gasteiger partial charge in [-0.2, -0.15) is 0 Å². The van der Waals surface area contributed by atoms with Crippen LogP contribution in [0.15, 0.2) is 47.4 Å². The van der Waals surface area contributed by atoms with Crippen LogP contribution in [0.25, 0.3) is 0 Å². The molecule has 2 aromatic carbocycles. The predicted octanol–water partition coefficient (Wildman–Crippen LogP) is 5.75. The Balaban J connectivity index is 1.76. The lowest BCUT2D eigenvalue weighted by atomic mass is 10.1. The molecule has 1 aliphatic heterocycles. The van der Waals surface area contributed by atoms with Gasteiger partial charge in [-0.1, -0.05) is 45.2 Å². The molecule has 3 nitrogen and oxygen atoms in total. The monoisotopic (exact) mass is 447 g/mol. The first-order valence-electron chi connectivity index (χ1n) is 7.30. The van der Waals surface area contributed by atoms with Gasteiger partial charge in [0.2, 0.25) is 5.79 Å². The second-order valence-electron chi connectivity index (χ2n) is 5.30. The molecule has 1 saturated heterocycles. The maximum Gasteiger partial charge on any atom is 0.208 e. The molecular formula is C17H16BrCl2NO2S. The van der Waals surface area contributed by atoms with Crippen LogP contribution in [0.1, 0.15) is 5.56 Å². The van der Waals surface area contributed by atoms with Crippen LogP contribution in [0.2, 0.25) is 10.0 Å². The lowest BCUT2D eigenvalue weighted by molar-refractivity contribution is -0.153. The summed E-state index contributed by atoms with van der Waals surface area (Å²) in [5.74, 6) is -0.932. The van der Waals surface area contributed by atoms with Crippen LogP contribution in [-0.4, -0.2) is 24.4 Å². The van der Waals surface area contributed by atoms with Crippen LogP contribution in [0.3, 0.4) is 0 Å². The van der Waals surface area contributed by atoms with Crippen molar-refractivity contribution in [2.24, 2.45) is 0 Å². The molecule has 0 bridgehead atoms. The van der Waals surface area contributed by atoms with Gasteiger partial charge in [-0.25, -0.2) is 0 Å². The summed E-state index contributed by atoms with van der Waals surface area (Å²) in [6.45, 7) is 0.412. The molecule has 0 saturated carbocycles.